The number of rotatable bonds is 3. The van der Waals surface area contributed by atoms with E-state index in [0.29, 0.717) is 0 Å². The highest BCUT2D eigenvalue weighted by Gasteiger charge is 2.14. The van der Waals surface area contributed by atoms with Gasteiger partial charge >= 0.3 is 0 Å². The van der Waals surface area contributed by atoms with Crippen LogP contribution >= 0.6 is 23.2 Å². The van der Waals surface area contributed by atoms with Crippen molar-refractivity contribution in [2.24, 2.45) is 0 Å². The number of hydrogen-bond acceptors (Lipinski definition) is 0. The van der Waals surface area contributed by atoms with Crippen molar-refractivity contribution in [1.29, 1.82) is 0 Å². The van der Waals surface area contributed by atoms with Gasteiger partial charge in [0, 0.05) is 5.02 Å². The molecule has 2 rings (SSSR count). The molecule has 0 bridgehead atoms. The highest BCUT2D eigenvalue weighted by atomic mass is 35.5. The maximum absolute atomic E-state index is 6.53. The van der Waals surface area contributed by atoms with Crippen LogP contribution in [0.1, 0.15) is 33.2 Å². The third-order valence-electron chi connectivity index (χ3n) is 3.49. The summed E-state index contributed by atoms with van der Waals surface area (Å²) < 4.78 is 0. The van der Waals surface area contributed by atoms with Crippen molar-refractivity contribution in [3.05, 3.63) is 69.2 Å². The second kappa shape index (κ2) is 5.98. The van der Waals surface area contributed by atoms with Crippen LogP contribution in [0.3, 0.4) is 0 Å². The highest BCUT2D eigenvalue weighted by molar-refractivity contribution is 6.32. The molecule has 19 heavy (non-hydrogen) atoms. The first kappa shape index (κ1) is 14.4. The van der Waals surface area contributed by atoms with E-state index in [4.69, 9.17) is 23.2 Å². The smallest absolute Gasteiger partial charge is 0.0640 e. The van der Waals surface area contributed by atoms with Crippen molar-refractivity contribution in [2.75, 3.05) is 0 Å². The molecule has 0 nitrogen and oxygen atoms in total. The zero-order valence-corrected chi connectivity index (χ0v) is 13.0. The van der Waals surface area contributed by atoms with Gasteiger partial charge in [0.25, 0.3) is 0 Å². The van der Waals surface area contributed by atoms with Crippen molar-refractivity contribution in [1.82, 2.24) is 0 Å². The van der Waals surface area contributed by atoms with Crippen molar-refractivity contribution in [2.45, 2.75) is 32.6 Å². The fourth-order valence-electron chi connectivity index (χ4n) is 2.08. The maximum atomic E-state index is 6.53. The molecule has 1 unspecified atom stereocenters. The second-order valence-corrected chi connectivity index (χ2v) is 6.05. The quantitative estimate of drug-likeness (QED) is 0.628. The van der Waals surface area contributed by atoms with Gasteiger partial charge in [-0.3, -0.25) is 0 Å². The summed E-state index contributed by atoms with van der Waals surface area (Å²) in [5, 5.41) is 0.671. The van der Waals surface area contributed by atoms with E-state index in [0.717, 1.165) is 17.0 Å². The lowest BCUT2D eigenvalue weighted by atomic mass is 9.99. The molecule has 0 radical (unpaired) electrons. The fraction of sp³-hybridized carbons (Fsp3) is 0.294. The van der Waals surface area contributed by atoms with Crippen molar-refractivity contribution >= 4 is 23.2 Å². The van der Waals surface area contributed by atoms with Crippen LogP contribution in [-0.4, -0.2) is 0 Å². The summed E-state index contributed by atoms with van der Waals surface area (Å²) in [4.78, 5) is 0. The Bertz CT molecular complexity index is 571. The van der Waals surface area contributed by atoms with E-state index >= 15 is 0 Å². The van der Waals surface area contributed by atoms with E-state index in [1.54, 1.807) is 0 Å². The molecule has 1 atom stereocenters. The van der Waals surface area contributed by atoms with Crippen LogP contribution in [0.5, 0.6) is 0 Å². The van der Waals surface area contributed by atoms with Crippen molar-refractivity contribution in [3.8, 4) is 0 Å². The number of halogens is 2. The van der Waals surface area contributed by atoms with E-state index in [1.807, 2.05) is 6.07 Å². The van der Waals surface area contributed by atoms with Crippen LogP contribution in [0.4, 0.5) is 0 Å². The van der Waals surface area contributed by atoms with Crippen LogP contribution < -0.4 is 0 Å². The Balaban J connectivity index is 2.22. The van der Waals surface area contributed by atoms with Crippen LogP contribution in [-0.2, 0) is 6.42 Å². The lowest BCUT2D eigenvalue weighted by molar-refractivity contribution is 0.916. The minimum Gasteiger partial charge on any atom is -0.117 e. The monoisotopic (exact) mass is 292 g/mol. The zero-order chi connectivity index (χ0) is 14.0. The largest absolute Gasteiger partial charge is 0.117 e. The first-order valence-electron chi connectivity index (χ1n) is 6.43. The second-order valence-electron chi connectivity index (χ2n) is 5.12. The Labute approximate surface area is 125 Å². The highest BCUT2D eigenvalue weighted by Crippen LogP contribution is 2.32. The molecular formula is C17H18Cl2. The van der Waals surface area contributed by atoms with E-state index in [9.17, 15) is 0 Å². The summed E-state index contributed by atoms with van der Waals surface area (Å²) in [5.41, 5.74) is 5.95. The topological polar surface area (TPSA) is 0 Å². The Hall–Kier alpha value is -0.980. The number of hydrogen-bond donors (Lipinski definition) is 0. The van der Waals surface area contributed by atoms with Crippen LogP contribution in [0.25, 0.3) is 0 Å². The van der Waals surface area contributed by atoms with Crippen LogP contribution in [0.2, 0.25) is 5.02 Å². The zero-order valence-electron chi connectivity index (χ0n) is 11.5. The van der Waals surface area contributed by atoms with Gasteiger partial charge < -0.3 is 0 Å². The van der Waals surface area contributed by atoms with Gasteiger partial charge in [0.05, 0.1) is 5.38 Å². The Morgan fingerprint density at radius 2 is 1.53 bits per heavy atom. The van der Waals surface area contributed by atoms with Gasteiger partial charge in [-0.1, -0.05) is 47.5 Å². The lowest BCUT2D eigenvalue weighted by Crippen LogP contribution is -1.98. The molecule has 0 saturated carbocycles. The minimum atomic E-state index is -0.0884. The van der Waals surface area contributed by atoms with Gasteiger partial charge in [-0.2, -0.15) is 0 Å². The third-order valence-corrected chi connectivity index (χ3v) is 4.20. The summed E-state index contributed by atoms with van der Waals surface area (Å²) in [7, 11) is 0. The minimum absolute atomic E-state index is 0.0884. The molecule has 0 aliphatic rings. The molecule has 2 aromatic carbocycles. The van der Waals surface area contributed by atoms with Gasteiger partial charge in [-0.05, 0) is 55.5 Å². The van der Waals surface area contributed by atoms with Gasteiger partial charge in [0.15, 0.2) is 0 Å². The van der Waals surface area contributed by atoms with Gasteiger partial charge in [0.2, 0.25) is 0 Å². The average Bonchev–Trinajstić information content (AvgIpc) is 2.36. The predicted octanol–water partition coefficient (Wildman–Crippen LogP) is 5.79. The van der Waals surface area contributed by atoms with Gasteiger partial charge in [0.1, 0.15) is 0 Å². The molecule has 100 valence electrons. The third kappa shape index (κ3) is 3.52. The number of alkyl halides is 1. The van der Waals surface area contributed by atoms with E-state index in [2.05, 4.69) is 51.1 Å². The van der Waals surface area contributed by atoms with E-state index in [1.165, 1.54) is 22.3 Å². The van der Waals surface area contributed by atoms with Crippen LogP contribution in [0, 0.1) is 20.8 Å². The van der Waals surface area contributed by atoms with E-state index < -0.39 is 0 Å². The Morgan fingerprint density at radius 3 is 2.16 bits per heavy atom. The van der Waals surface area contributed by atoms with E-state index in [-0.39, 0.29) is 5.38 Å². The summed E-state index contributed by atoms with van der Waals surface area (Å²) in [6.45, 7) is 6.24. The lowest BCUT2D eigenvalue weighted by Gasteiger charge is -2.14. The molecule has 0 N–H and O–H groups in total. The Morgan fingerprint density at radius 1 is 0.947 bits per heavy atom. The molecule has 2 heteroatoms. The molecule has 0 fully saturated rings. The molecule has 2 aromatic rings. The normalized spacial score (nSPS) is 12.5. The summed E-state index contributed by atoms with van der Waals surface area (Å²) in [5.74, 6) is 0. The maximum Gasteiger partial charge on any atom is 0.0640 e. The molecule has 0 spiro atoms. The Kier molecular flexibility index (Phi) is 4.54. The summed E-state index contributed by atoms with van der Waals surface area (Å²) in [6, 6.07) is 12.6. The first-order valence-corrected chi connectivity index (χ1v) is 7.25. The molecule has 0 heterocycles. The molecule has 0 aliphatic heterocycles. The predicted molar refractivity (Wildman–Crippen MR) is 84.4 cm³/mol. The van der Waals surface area contributed by atoms with Crippen molar-refractivity contribution in [3.63, 3.8) is 0 Å². The van der Waals surface area contributed by atoms with Crippen molar-refractivity contribution < 1.29 is 0 Å². The summed E-state index contributed by atoms with van der Waals surface area (Å²) >= 11 is 12.8. The molecular weight excluding hydrogens is 275 g/mol. The average molecular weight is 293 g/mol. The molecule has 0 aliphatic carbocycles. The standard InChI is InChI=1S/C17H18Cl2/c1-11-4-6-14(7-5-11)10-17(19)15-8-12(2)13(3)9-16(15)18/h4-9,17H,10H2,1-3H3. The SMILES string of the molecule is Cc1ccc(CC(Cl)c2cc(C)c(C)cc2Cl)cc1. The molecule has 0 aromatic heterocycles. The van der Waals surface area contributed by atoms with Crippen LogP contribution in [0.15, 0.2) is 36.4 Å². The first-order chi connectivity index (χ1) is 8.97. The van der Waals surface area contributed by atoms with Gasteiger partial charge in [-0.15, -0.1) is 11.6 Å². The molecule has 0 amide bonds. The van der Waals surface area contributed by atoms with Gasteiger partial charge in [-0.25, -0.2) is 0 Å². The summed E-state index contributed by atoms with van der Waals surface area (Å²) in [6.07, 6.45) is 0.796. The number of benzene rings is 2. The molecule has 0 saturated heterocycles. The fourth-order valence-corrected chi connectivity index (χ4v) is 2.85. The number of aryl methyl sites for hydroxylation is 3.